The molecule has 0 unspecified atom stereocenters. The molecule has 0 aliphatic heterocycles. The molecule has 1 aromatic carbocycles. The first kappa shape index (κ1) is 15.8. The van der Waals surface area contributed by atoms with Crippen LogP contribution in [0.1, 0.15) is 36.5 Å². The quantitative estimate of drug-likeness (QED) is 0.732. The number of nitrogens with zero attached hydrogens (tertiary/aromatic N) is 1. The molecule has 0 aliphatic rings. The number of benzene rings is 1. The highest BCUT2D eigenvalue weighted by molar-refractivity contribution is 6.01. The van der Waals surface area contributed by atoms with Crippen molar-refractivity contribution in [3.63, 3.8) is 0 Å². The van der Waals surface area contributed by atoms with Crippen LogP contribution in [0.4, 0.5) is 0 Å². The number of aliphatic carboxylic acids is 1. The van der Waals surface area contributed by atoms with Crippen molar-refractivity contribution in [3.05, 3.63) is 42.1 Å². The van der Waals surface area contributed by atoms with Gasteiger partial charge in [-0.1, -0.05) is 50.1 Å². The number of carboxylic acid groups (broad SMARTS) is 1. The van der Waals surface area contributed by atoms with Gasteiger partial charge in [-0.25, -0.2) is 4.79 Å². The Morgan fingerprint density at radius 3 is 2.68 bits per heavy atom. The fourth-order valence-electron chi connectivity index (χ4n) is 2.18. The van der Waals surface area contributed by atoms with Crippen LogP contribution < -0.4 is 5.32 Å². The summed E-state index contributed by atoms with van der Waals surface area (Å²) in [5.74, 6) is -1.46. The molecule has 6 heteroatoms. The summed E-state index contributed by atoms with van der Waals surface area (Å²) in [4.78, 5) is 23.6. The Labute approximate surface area is 128 Å². The fourth-order valence-corrected chi connectivity index (χ4v) is 2.18. The number of hydrogen-bond donors (Lipinski definition) is 3. The van der Waals surface area contributed by atoms with Crippen LogP contribution in [0.3, 0.4) is 0 Å². The average molecular weight is 301 g/mol. The summed E-state index contributed by atoms with van der Waals surface area (Å²) in [6.45, 7) is 1.98. The SMILES string of the molecule is CCCC[C@H](NC(=O)c1cn[nH]c1-c1ccccc1)C(=O)O. The van der Waals surface area contributed by atoms with E-state index in [0.717, 1.165) is 18.4 Å². The van der Waals surface area contributed by atoms with Gasteiger partial charge < -0.3 is 10.4 Å². The summed E-state index contributed by atoms with van der Waals surface area (Å²) >= 11 is 0. The molecule has 116 valence electrons. The zero-order valence-corrected chi connectivity index (χ0v) is 12.4. The number of carbonyl (C=O) groups excluding carboxylic acids is 1. The Morgan fingerprint density at radius 1 is 1.32 bits per heavy atom. The minimum atomic E-state index is -1.02. The van der Waals surface area contributed by atoms with Crippen LogP contribution in [0.2, 0.25) is 0 Å². The fraction of sp³-hybridized carbons (Fsp3) is 0.312. The number of amides is 1. The van der Waals surface area contributed by atoms with Gasteiger partial charge >= 0.3 is 5.97 Å². The van der Waals surface area contributed by atoms with Crippen molar-refractivity contribution in [2.45, 2.75) is 32.2 Å². The van der Waals surface area contributed by atoms with E-state index in [1.807, 2.05) is 37.3 Å². The number of nitrogens with one attached hydrogen (secondary N) is 2. The molecule has 2 rings (SSSR count). The maximum Gasteiger partial charge on any atom is 0.326 e. The van der Waals surface area contributed by atoms with Crippen LogP contribution >= 0.6 is 0 Å². The van der Waals surface area contributed by atoms with Gasteiger partial charge in [-0.2, -0.15) is 5.10 Å². The highest BCUT2D eigenvalue weighted by Gasteiger charge is 2.22. The third kappa shape index (κ3) is 3.72. The van der Waals surface area contributed by atoms with Gasteiger partial charge in [0.05, 0.1) is 17.5 Å². The maximum absolute atomic E-state index is 12.3. The van der Waals surface area contributed by atoms with Gasteiger partial charge in [0.1, 0.15) is 6.04 Å². The number of rotatable bonds is 7. The zero-order valence-electron chi connectivity index (χ0n) is 12.4. The highest BCUT2D eigenvalue weighted by Crippen LogP contribution is 2.20. The molecule has 22 heavy (non-hydrogen) atoms. The number of unbranched alkanes of at least 4 members (excludes halogenated alkanes) is 1. The van der Waals surface area contributed by atoms with Gasteiger partial charge in [-0.05, 0) is 6.42 Å². The molecule has 3 N–H and O–H groups in total. The second-order valence-corrected chi connectivity index (χ2v) is 5.03. The molecular formula is C16H19N3O3. The van der Waals surface area contributed by atoms with E-state index in [9.17, 15) is 14.7 Å². The third-order valence-corrected chi connectivity index (χ3v) is 3.40. The summed E-state index contributed by atoms with van der Waals surface area (Å²) in [5.41, 5.74) is 1.75. The minimum absolute atomic E-state index is 0.342. The van der Waals surface area contributed by atoms with E-state index in [2.05, 4.69) is 15.5 Å². The first-order valence-corrected chi connectivity index (χ1v) is 7.26. The largest absolute Gasteiger partial charge is 0.480 e. The maximum atomic E-state index is 12.3. The highest BCUT2D eigenvalue weighted by atomic mass is 16.4. The van der Waals surface area contributed by atoms with Crippen LogP contribution in [0.25, 0.3) is 11.3 Å². The molecule has 2 aromatic rings. The predicted octanol–water partition coefficient (Wildman–Crippen LogP) is 2.45. The molecule has 1 atom stereocenters. The van der Waals surface area contributed by atoms with Crippen molar-refractivity contribution in [1.29, 1.82) is 0 Å². The Morgan fingerprint density at radius 2 is 2.05 bits per heavy atom. The lowest BCUT2D eigenvalue weighted by Gasteiger charge is -2.14. The summed E-state index contributed by atoms with van der Waals surface area (Å²) < 4.78 is 0. The summed E-state index contributed by atoms with van der Waals surface area (Å²) in [7, 11) is 0. The number of carboxylic acids is 1. The second-order valence-electron chi connectivity index (χ2n) is 5.03. The predicted molar refractivity (Wildman–Crippen MR) is 82.4 cm³/mol. The molecule has 0 bridgehead atoms. The van der Waals surface area contributed by atoms with E-state index in [-0.39, 0.29) is 0 Å². The van der Waals surface area contributed by atoms with Crippen molar-refractivity contribution in [3.8, 4) is 11.3 Å². The molecular weight excluding hydrogens is 282 g/mol. The Hall–Kier alpha value is -2.63. The number of hydrogen-bond acceptors (Lipinski definition) is 3. The summed E-state index contributed by atoms with van der Waals surface area (Å²) in [6.07, 6.45) is 3.45. The standard InChI is InChI=1S/C16H19N3O3/c1-2-3-9-13(16(21)22)18-15(20)12-10-17-19-14(12)11-7-5-4-6-8-11/h4-8,10,13H,2-3,9H2,1H3,(H,17,19)(H,18,20)(H,21,22)/t13-/m0/s1. The molecule has 1 amide bonds. The van der Waals surface area contributed by atoms with E-state index in [1.54, 1.807) is 0 Å². The normalized spacial score (nSPS) is 11.9. The van der Waals surface area contributed by atoms with Crippen LogP contribution in [-0.4, -0.2) is 33.2 Å². The number of aromatic amines is 1. The van der Waals surface area contributed by atoms with Gasteiger partial charge in [0.2, 0.25) is 0 Å². The molecule has 6 nitrogen and oxygen atoms in total. The first-order chi connectivity index (χ1) is 10.6. The molecule has 0 fully saturated rings. The van der Waals surface area contributed by atoms with Gasteiger partial charge in [0.25, 0.3) is 5.91 Å². The monoisotopic (exact) mass is 301 g/mol. The van der Waals surface area contributed by atoms with Gasteiger partial charge in [0, 0.05) is 5.56 Å². The van der Waals surface area contributed by atoms with Crippen molar-refractivity contribution in [2.24, 2.45) is 0 Å². The zero-order chi connectivity index (χ0) is 15.9. The van der Waals surface area contributed by atoms with Crippen molar-refractivity contribution >= 4 is 11.9 Å². The second kappa shape index (κ2) is 7.40. The number of H-pyrrole nitrogens is 1. The average Bonchev–Trinajstić information content (AvgIpc) is 3.01. The third-order valence-electron chi connectivity index (χ3n) is 3.40. The van der Waals surface area contributed by atoms with E-state index in [4.69, 9.17) is 0 Å². The molecule has 0 saturated heterocycles. The van der Waals surface area contributed by atoms with Crippen LogP contribution in [0.5, 0.6) is 0 Å². The lowest BCUT2D eigenvalue weighted by Crippen LogP contribution is -2.40. The van der Waals surface area contributed by atoms with E-state index in [1.165, 1.54) is 6.20 Å². The van der Waals surface area contributed by atoms with E-state index >= 15 is 0 Å². The van der Waals surface area contributed by atoms with Crippen molar-refractivity contribution < 1.29 is 14.7 Å². The molecule has 0 radical (unpaired) electrons. The molecule has 0 spiro atoms. The Balaban J connectivity index is 2.16. The summed E-state index contributed by atoms with van der Waals surface area (Å²) in [5, 5.41) is 18.5. The Kier molecular flexibility index (Phi) is 5.30. The van der Waals surface area contributed by atoms with Crippen molar-refractivity contribution in [2.75, 3.05) is 0 Å². The molecule has 0 saturated carbocycles. The lowest BCUT2D eigenvalue weighted by atomic mass is 10.1. The van der Waals surface area contributed by atoms with Crippen LogP contribution in [0, 0.1) is 0 Å². The summed E-state index contributed by atoms with van der Waals surface area (Å²) in [6, 6.07) is 8.43. The van der Waals surface area contributed by atoms with Gasteiger partial charge in [-0.15, -0.1) is 0 Å². The van der Waals surface area contributed by atoms with Crippen LogP contribution in [-0.2, 0) is 4.79 Å². The molecule has 0 aliphatic carbocycles. The topological polar surface area (TPSA) is 95.1 Å². The van der Waals surface area contributed by atoms with E-state index < -0.39 is 17.9 Å². The minimum Gasteiger partial charge on any atom is -0.480 e. The van der Waals surface area contributed by atoms with Gasteiger partial charge in [0.15, 0.2) is 0 Å². The van der Waals surface area contributed by atoms with Crippen molar-refractivity contribution in [1.82, 2.24) is 15.5 Å². The van der Waals surface area contributed by atoms with Gasteiger partial charge in [-0.3, -0.25) is 9.89 Å². The first-order valence-electron chi connectivity index (χ1n) is 7.26. The van der Waals surface area contributed by atoms with E-state index in [0.29, 0.717) is 17.7 Å². The lowest BCUT2D eigenvalue weighted by molar-refractivity contribution is -0.139. The molecule has 1 aromatic heterocycles. The number of aromatic nitrogens is 2. The van der Waals surface area contributed by atoms with Crippen LogP contribution in [0.15, 0.2) is 36.5 Å². The Bertz CT molecular complexity index is 637. The molecule has 1 heterocycles. The smallest absolute Gasteiger partial charge is 0.326 e. The number of carbonyl (C=O) groups is 2.